The molecule has 4 aromatic rings. The topological polar surface area (TPSA) is 84.7 Å². The third-order valence-corrected chi connectivity index (χ3v) is 19.0. The Balaban J connectivity index is 0.000000283. The van der Waals surface area contributed by atoms with E-state index in [4.69, 9.17) is 19.1 Å². The lowest BCUT2D eigenvalue weighted by Crippen LogP contribution is -2.43. The summed E-state index contributed by atoms with van der Waals surface area (Å²) >= 11 is 7.66. The van der Waals surface area contributed by atoms with E-state index in [1.165, 1.54) is 8.96 Å². The van der Waals surface area contributed by atoms with Crippen molar-refractivity contribution in [3.8, 4) is 11.5 Å². The summed E-state index contributed by atoms with van der Waals surface area (Å²) in [5, 5.41) is 19.4. The number of pyridine rings is 2. The van der Waals surface area contributed by atoms with E-state index >= 15 is 0 Å². The van der Waals surface area contributed by atoms with Gasteiger partial charge < -0.3 is 19.1 Å². The van der Waals surface area contributed by atoms with E-state index < -0.39 is 16.6 Å². The SMILES string of the molecule is CC(C)(C)[Si](C)(C)Oc1ccc(I)c2cccnc12.CC(C)(C)[Si](C)(C)Oc1ccc(SCCO)c2cccnc12.OCCS. The molecule has 0 unspecified atom stereocenters. The summed E-state index contributed by atoms with van der Waals surface area (Å²) in [7, 11) is -3.72. The van der Waals surface area contributed by atoms with Gasteiger partial charge >= 0.3 is 0 Å². The first-order valence-electron chi connectivity index (χ1n) is 15.1. The molecule has 2 aromatic heterocycles. The number of hydrogen-bond donors (Lipinski definition) is 3. The quantitative estimate of drug-likeness (QED) is 0.0709. The van der Waals surface area contributed by atoms with Crippen molar-refractivity contribution in [1.29, 1.82) is 0 Å². The Kier molecular flexibility index (Phi) is 15.2. The van der Waals surface area contributed by atoms with E-state index in [2.05, 4.69) is 143 Å². The number of aliphatic hydroxyl groups is 2. The molecule has 248 valence electrons. The monoisotopic (exact) mass is 798 g/mol. The molecular weight excluding hydrogens is 748 g/mol. The van der Waals surface area contributed by atoms with Crippen LogP contribution in [0.25, 0.3) is 21.8 Å². The van der Waals surface area contributed by atoms with Crippen LogP contribution in [0.2, 0.25) is 36.3 Å². The van der Waals surface area contributed by atoms with Gasteiger partial charge in [-0.2, -0.15) is 12.6 Å². The Bertz CT molecular complexity index is 1520. The Morgan fingerprint density at radius 1 is 0.733 bits per heavy atom. The lowest BCUT2D eigenvalue weighted by atomic mass is 10.2. The summed E-state index contributed by atoms with van der Waals surface area (Å²) in [4.78, 5) is 10.2. The summed E-state index contributed by atoms with van der Waals surface area (Å²) < 4.78 is 14.1. The average molecular weight is 799 g/mol. The molecule has 2 aromatic carbocycles. The van der Waals surface area contributed by atoms with Gasteiger partial charge in [-0.15, -0.1) is 11.8 Å². The van der Waals surface area contributed by atoms with Gasteiger partial charge in [0.15, 0.2) is 0 Å². The molecule has 0 radical (unpaired) electrons. The second-order valence-corrected chi connectivity index (χ2v) is 25.8. The number of halogens is 1. The number of rotatable bonds is 8. The number of aliphatic hydroxyl groups excluding tert-OH is 2. The molecule has 2 N–H and O–H groups in total. The number of fused-ring (bicyclic) bond motifs is 2. The van der Waals surface area contributed by atoms with Crippen LogP contribution in [0.4, 0.5) is 0 Å². The molecule has 0 aliphatic heterocycles. The van der Waals surface area contributed by atoms with Gasteiger partial charge in [-0.1, -0.05) is 53.7 Å². The number of aromatic nitrogens is 2. The maximum absolute atomic E-state index is 9.04. The van der Waals surface area contributed by atoms with Crippen molar-refractivity contribution in [3.05, 3.63) is 64.5 Å². The molecule has 45 heavy (non-hydrogen) atoms. The van der Waals surface area contributed by atoms with Gasteiger partial charge in [-0.25, -0.2) is 0 Å². The molecule has 0 atom stereocenters. The Hall–Kier alpha value is -1.36. The highest BCUT2D eigenvalue weighted by Crippen LogP contribution is 2.41. The minimum Gasteiger partial charge on any atom is -0.542 e. The molecular formula is C34H51IN2O4S2Si2. The molecule has 0 spiro atoms. The molecule has 0 bridgehead atoms. The molecule has 6 nitrogen and oxygen atoms in total. The van der Waals surface area contributed by atoms with Crippen molar-refractivity contribution in [3.63, 3.8) is 0 Å². The maximum atomic E-state index is 9.04. The molecule has 0 amide bonds. The third-order valence-electron chi connectivity index (χ3n) is 8.16. The third kappa shape index (κ3) is 11.1. The number of benzene rings is 2. The van der Waals surface area contributed by atoms with Crippen LogP contribution in [0.15, 0.2) is 65.8 Å². The molecule has 0 fully saturated rings. The average Bonchev–Trinajstić information content (AvgIpc) is 2.97. The number of hydrogen-bond acceptors (Lipinski definition) is 8. The van der Waals surface area contributed by atoms with Crippen molar-refractivity contribution in [1.82, 2.24) is 9.97 Å². The Morgan fingerprint density at radius 3 is 1.62 bits per heavy atom. The lowest BCUT2D eigenvalue weighted by Gasteiger charge is -2.36. The van der Waals surface area contributed by atoms with Gasteiger partial charge in [0, 0.05) is 43.1 Å². The number of nitrogens with zero attached hydrogens (tertiary/aromatic N) is 2. The van der Waals surface area contributed by atoms with Crippen molar-refractivity contribution in [2.75, 3.05) is 24.7 Å². The summed E-state index contributed by atoms with van der Waals surface area (Å²) in [5.74, 6) is 3.05. The predicted molar refractivity (Wildman–Crippen MR) is 211 cm³/mol. The zero-order chi connectivity index (χ0) is 34.1. The fourth-order valence-corrected chi connectivity index (χ4v) is 6.99. The maximum Gasteiger partial charge on any atom is 0.250 e. The van der Waals surface area contributed by atoms with Crippen LogP contribution in [0.1, 0.15) is 41.5 Å². The highest BCUT2D eigenvalue weighted by molar-refractivity contribution is 14.1. The van der Waals surface area contributed by atoms with E-state index in [1.807, 2.05) is 24.4 Å². The zero-order valence-electron chi connectivity index (χ0n) is 28.4. The van der Waals surface area contributed by atoms with Crippen LogP contribution in [0.5, 0.6) is 11.5 Å². The molecule has 4 rings (SSSR count). The molecule has 11 heteroatoms. The van der Waals surface area contributed by atoms with Crippen molar-refractivity contribution in [2.45, 2.75) is 82.7 Å². The van der Waals surface area contributed by atoms with Crippen LogP contribution in [0.3, 0.4) is 0 Å². The van der Waals surface area contributed by atoms with Crippen molar-refractivity contribution < 1.29 is 19.1 Å². The normalized spacial score (nSPS) is 12.2. The van der Waals surface area contributed by atoms with Gasteiger partial charge in [0.25, 0.3) is 16.6 Å². The van der Waals surface area contributed by atoms with Crippen LogP contribution in [0, 0.1) is 3.57 Å². The van der Waals surface area contributed by atoms with E-state index in [-0.39, 0.29) is 23.3 Å². The van der Waals surface area contributed by atoms with Crippen LogP contribution >= 0.6 is 47.0 Å². The summed E-state index contributed by atoms with van der Waals surface area (Å²) in [6, 6.07) is 16.3. The first-order valence-corrected chi connectivity index (χ1v) is 23.7. The second-order valence-electron chi connectivity index (χ2n) is 13.7. The second kappa shape index (κ2) is 17.2. The van der Waals surface area contributed by atoms with E-state index in [1.54, 1.807) is 18.0 Å². The molecule has 0 aliphatic carbocycles. The number of thioether (sulfide) groups is 1. The van der Waals surface area contributed by atoms with Gasteiger partial charge in [-0.05, 0) is 95.3 Å². The Labute approximate surface area is 296 Å². The smallest absolute Gasteiger partial charge is 0.250 e. The molecule has 2 heterocycles. The van der Waals surface area contributed by atoms with Gasteiger partial charge in [0.2, 0.25) is 0 Å². The van der Waals surface area contributed by atoms with Crippen LogP contribution < -0.4 is 8.85 Å². The molecule has 0 saturated heterocycles. The fraction of sp³-hybridized carbons (Fsp3) is 0.471. The highest BCUT2D eigenvalue weighted by Gasteiger charge is 2.40. The molecule has 0 saturated carbocycles. The first kappa shape index (κ1) is 39.8. The summed E-state index contributed by atoms with van der Waals surface area (Å²) in [6.45, 7) is 22.8. The highest BCUT2D eigenvalue weighted by atomic mass is 127. The van der Waals surface area contributed by atoms with E-state index in [9.17, 15) is 0 Å². The van der Waals surface area contributed by atoms with Crippen molar-refractivity contribution in [2.24, 2.45) is 0 Å². The summed E-state index contributed by atoms with van der Waals surface area (Å²) in [6.07, 6.45) is 3.64. The lowest BCUT2D eigenvalue weighted by molar-refractivity contribution is 0.322. The van der Waals surface area contributed by atoms with E-state index in [0.29, 0.717) is 11.5 Å². The minimum absolute atomic E-state index is 0.151. The fourth-order valence-electron chi connectivity index (χ4n) is 3.53. The standard InChI is InChI=1S/C17H25NO2SSi.C15H20INOSi.C2H6OS/c1-17(2,3)22(4,5)20-14-8-9-15(21-12-11-19)13-7-6-10-18-16(13)14;1-15(2,3)19(4,5)18-13-9-8-12(16)11-7-6-10-17-14(11)13;3-1-2-4/h6-10,19H,11-12H2,1-5H3;6-10H,1-5H3;3-4H,1-2H2. The number of thiol groups is 1. The molecule has 0 aliphatic rings. The van der Waals surface area contributed by atoms with E-state index in [0.717, 1.165) is 32.8 Å². The zero-order valence-corrected chi connectivity index (χ0v) is 34.3. The summed E-state index contributed by atoms with van der Waals surface area (Å²) in [5.41, 5.74) is 1.88. The Morgan fingerprint density at radius 2 is 1.18 bits per heavy atom. The predicted octanol–water partition coefficient (Wildman–Crippen LogP) is 9.84. The van der Waals surface area contributed by atoms with Crippen LogP contribution in [-0.2, 0) is 0 Å². The van der Waals surface area contributed by atoms with Gasteiger partial charge in [0.05, 0.1) is 13.2 Å². The minimum atomic E-state index is -1.89. The van der Waals surface area contributed by atoms with Crippen molar-refractivity contribution >= 4 is 85.4 Å². The van der Waals surface area contributed by atoms with Gasteiger partial charge in [-0.3, -0.25) is 9.97 Å². The van der Waals surface area contributed by atoms with Gasteiger partial charge in [0.1, 0.15) is 22.5 Å². The largest absolute Gasteiger partial charge is 0.542 e. The first-order chi connectivity index (χ1) is 20.9. The van der Waals surface area contributed by atoms with Crippen LogP contribution in [-0.4, -0.2) is 61.5 Å².